The van der Waals surface area contributed by atoms with Gasteiger partial charge >= 0.3 is 0 Å². The van der Waals surface area contributed by atoms with Crippen LogP contribution in [0.5, 0.6) is 5.75 Å². The molecule has 7 nitrogen and oxygen atoms in total. The first-order valence-electron chi connectivity index (χ1n) is 9.74. The zero-order valence-electron chi connectivity index (χ0n) is 17.4. The Morgan fingerprint density at radius 1 is 1.28 bits per heavy atom. The number of thiophene rings is 1. The fourth-order valence-corrected chi connectivity index (χ4v) is 5.57. The van der Waals surface area contributed by atoms with E-state index in [9.17, 15) is 4.79 Å². The van der Waals surface area contributed by atoms with Gasteiger partial charge in [0.05, 0.1) is 34.4 Å². The third kappa shape index (κ3) is 4.63. The summed E-state index contributed by atoms with van der Waals surface area (Å²) < 4.78 is 11.4. The molecular weight excluding hydrogens is 512 g/mol. The van der Waals surface area contributed by atoms with Crippen molar-refractivity contribution in [3.05, 3.63) is 69.1 Å². The smallest absolute Gasteiger partial charge is 0.250 e. The minimum atomic E-state index is -0.268. The zero-order valence-corrected chi connectivity index (χ0v) is 20.6. The summed E-state index contributed by atoms with van der Waals surface area (Å²) in [5.41, 5.74) is 2.26. The Balaban J connectivity index is 1.77. The fraction of sp³-hybridized carbons (Fsp3) is 0.227. The molecule has 0 saturated carbocycles. The topological polar surface area (TPSA) is 75.7 Å². The third-order valence-electron chi connectivity index (χ3n) is 4.99. The van der Waals surface area contributed by atoms with Crippen molar-refractivity contribution in [3.63, 3.8) is 0 Å². The van der Waals surface area contributed by atoms with Crippen LogP contribution in [0.15, 0.2) is 58.5 Å². The second kappa shape index (κ2) is 9.95. The van der Waals surface area contributed by atoms with E-state index in [4.69, 9.17) is 21.7 Å². The van der Waals surface area contributed by atoms with E-state index in [-0.39, 0.29) is 24.6 Å². The molecule has 1 aromatic carbocycles. The van der Waals surface area contributed by atoms with Crippen molar-refractivity contribution in [1.29, 1.82) is 0 Å². The molecule has 3 aromatic rings. The predicted octanol–water partition coefficient (Wildman–Crippen LogP) is 4.68. The molecule has 0 aliphatic carbocycles. The number of nitrogens with one attached hydrogen (secondary N) is 2. The SMILES string of the molecule is COCC(=O)Nc1cc(N2C(=S)N[C@H](c3ccccn3)[C@@H]2c2ccc(Br)s2)ccc1OC. The van der Waals surface area contributed by atoms with Crippen LogP contribution in [0.4, 0.5) is 11.4 Å². The van der Waals surface area contributed by atoms with Crippen LogP contribution in [0.3, 0.4) is 0 Å². The molecule has 0 bridgehead atoms. The largest absolute Gasteiger partial charge is 0.495 e. The number of methoxy groups -OCH3 is 2. The van der Waals surface area contributed by atoms with Crippen LogP contribution in [0.2, 0.25) is 0 Å². The van der Waals surface area contributed by atoms with E-state index < -0.39 is 0 Å². The second-order valence-electron chi connectivity index (χ2n) is 7.00. The van der Waals surface area contributed by atoms with E-state index in [1.165, 1.54) is 7.11 Å². The number of thiocarbonyl (C=S) groups is 1. The van der Waals surface area contributed by atoms with Gasteiger partial charge in [-0.25, -0.2) is 0 Å². The Bertz CT molecular complexity index is 1130. The minimum Gasteiger partial charge on any atom is -0.495 e. The van der Waals surface area contributed by atoms with Crippen LogP contribution >= 0.6 is 39.5 Å². The molecule has 1 saturated heterocycles. The van der Waals surface area contributed by atoms with Gasteiger partial charge in [0, 0.05) is 23.9 Å². The lowest BCUT2D eigenvalue weighted by molar-refractivity contribution is -0.119. The summed E-state index contributed by atoms with van der Waals surface area (Å²) in [4.78, 5) is 19.9. The van der Waals surface area contributed by atoms with E-state index in [1.54, 1.807) is 24.6 Å². The van der Waals surface area contributed by atoms with Crippen molar-refractivity contribution in [1.82, 2.24) is 10.3 Å². The van der Waals surface area contributed by atoms with Gasteiger partial charge in [-0.05, 0) is 70.6 Å². The van der Waals surface area contributed by atoms with E-state index in [0.717, 1.165) is 20.0 Å². The van der Waals surface area contributed by atoms with Crippen molar-refractivity contribution in [2.75, 3.05) is 31.0 Å². The van der Waals surface area contributed by atoms with Gasteiger partial charge in [-0.15, -0.1) is 11.3 Å². The van der Waals surface area contributed by atoms with Gasteiger partial charge in [-0.3, -0.25) is 9.78 Å². The maximum atomic E-state index is 12.1. The first kappa shape index (κ1) is 22.7. The number of ether oxygens (including phenoxy) is 2. The molecule has 2 aromatic heterocycles. The van der Waals surface area contributed by atoms with Gasteiger partial charge in [-0.1, -0.05) is 6.07 Å². The minimum absolute atomic E-state index is 0.0509. The summed E-state index contributed by atoms with van der Waals surface area (Å²) in [6, 6.07) is 15.3. The molecule has 4 rings (SSSR count). The molecule has 0 unspecified atom stereocenters. The molecule has 10 heteroatoms. The molecule has 1 aliphatic rings. The number of hydrogen-bond donors (Lipinski definition) is 2. The molecular formula is C22H21BrN4O3S2. The fourth-order valence-electron chi connectivity index (χ4n) is 3.67. The van der Waals surface area contributed by atoms with E-state index in [1.807, 2.05) is 42.5 Å². The lowest BCUT2D eigenvalue weighted by Crippen LogP contribution is -2.29. The van der Waals surface area contributed by atoms with Crippen LogP contribution in [0.1, 0.15) is 22.7 Å². The molecule has 3 heterocycles. The summed E-state index contributed by atoms with van der Waals surface area (Å²) in [6.07, 6.45) is 1.78. The van der Waals surface area contributed by atoms with Crippen molar-refractivity contribution in [3.8, 4) is 5.75 Å². The molecule has 1 amide bonds. The van der Waals surface area contributed by atoms with Gasteiger partial charge < -0.3 is 25.0 Å². The molecule has 166 valence electrons. The van der Waals surface area contributed by atoms with E-state index in [0.29, 0.717) is 16.5 Å². The highest BCUT2D eigenvalue weighted by atomic mass is 79.9. The Labute approximate surface area is 203 Å². The highest BCUT2D eigenvalue weighted by Crippen LogP contribution is 2.45. The summed E-state index contributed by atoms with van der Waals surface area (Å²) in [5, 5.41) is 6.86. The van der Waals surface area contributed by atoms with Crippen LogP contribution < -0.4 is 20.3 Å². The lowest BCUT2D eigenvalue weighted by atomic mass is 10.0. The van der Waals surface area contributed by atoms with Crippen molar-refractivity contribution < 1.29 is 14.3 Å². The van der Waals surface area contributed by atoms with Gasteiger partial charge in [0.15, 0.2) is 5.11 Å². The van der Waals surface area contributed by atoms with Gasteiger partial charge in [-0.2, -0.15) is 0 Å². The van der Waals surface area contributed by atoms with E-state index >= 15 is 0 Å². The Morgan fingerprint density at radius 3 is 2.78 bits per heavy atom. The lowest BCUT2D eigenvalue weighted by Gasteiger charge is -2.27. The molecule has 1 aliphatic heterocycles. The monoisotopic (exact) mass is 532 g/mol. The number of carbonyl (C=O) groups excluding carboxylic acids is 1. The Morgan fingerprint density at radius 2 is 2.12 bits per heavy atom. The highest BCUT2D eigenvalue weighted by Gasteiger charge is 2.41. The molecule has 32 heavy (non-hydrogen) atoms. The highest BCUT2D eigenvalue weighted by molar-refractivity contribution is 9.11. The first-order chi connectivity index (χ1) is 15.5. The number of hydrogen-bond acceptors (Lipinski definition) is 6. The van der Waals surface area contributed by atoms with Crippen LogP contribution in [-0.2, 0) is 9.53 Å². The standard InChI is InChI=1S/C22H21BrN4O3S2/c1-29-12-19(28)25-15-11-13(6-7-16(15)30-2)27-21(17-8-9-18(23)32-17)20(26-22(27)31)14-5-3-4-10-24-14/h3-11,20-21H,12H2,1-2H3,(H,25,28)(H,26,31)/t20-,21+/m1/s1. The average molecular weight is 533 g/mol. The van der Waals surface area contributed by atoms with Crippen LogP contribution in [0, 0.1) is 0 Å². The molecule has 0 spiro atoms. The average Bonchev–Trinajstić information content (AvgIpc) is 3.37. The summed E-state index contributed by atoms with van der Waals surface area (Å²) in [5.74, 6) is 0.281. The molecule has 2 atom stereocenters. The third-order valence-corrected chi connectivity index (χ3v) is 7.00. The summed E-state index contributed by atoms with van der Waals surface area (Å²) in [6.45, 7) is -0.0509. The normalized spacial score (nSPS) is 17.8. The van der Waals surface area contributed by atoms with Gasteiger partial charge in [0.2, 0.25) is 5.91 Å². The Kier molecular flexibility index (Phi) is 7.04. The zero-order chi connectivity index (χ0) is 22.7. The first-order valence-corrected chi connectivity index (χ1v) is 11.8. The molecule has 2 N–H and O–H groups in total. The van der Waals surface area contributed by atoms with Gasteiger partial charge in [0.1, 0.15) is 12.4 Å². The second-order valence-corrected chi connectivity index (χ2v) is 9.89. The van der Waals surface area contributed by atoms with E-state index in [2.05, 4.69) is 42.5 Å². The summed E-state index contributed by atoms with van der Waals surface area (Å²) in [7, 11) is 3.04. The number of aromatic nitrogens is 1. The van der Waals surface area contributed by atoms with Crippen molar-refractivity contribution in [2.45, 2.75) is 12.1 Å². The number of carbonyl (C=O) groups is 1. The number of benzene rings is 1. The Hall–Kier alpha value is -2.53. The predicted molar refractivity (Wildman–Crippen MR) is 133 cm³/mol. The number of pyridine rings is 1. The number of halogens is 1. The molecule has 1 fully saturated rings. The number of amides is 1. The van der Waals surface area contributed by atoms with Crippen molar-refractivity contribution in [2.24, 2.45) is 0 Å². The quantitative estimate of drug-likeness (QED) is 0.428. The number of rotatable bonds is 7. The summed E-state index contributed by atoms with van der Waals surface area (Å²) >= 11 is 11.0. The van der Waals surface area contributed by atoms with Crippen LogP contribution in [-0.4, -0.2) is 36.8 Å². The van der Waals surface area contributed by atoms with Crippen molar-refractivity contribution >= 4 is 61.9 Å². The molecule has 0 radical (unpaired) electrons. The maximum absolute atomic E-state index is 12.1. The van der Waals surface area contributed by atoms with Gasteiger partial charge in [0.25, 0.3) is 0 Å². The number of nitrogens with zero attached hydrogens (tertiary/aromatic N) is 2. The van der Waals surface area contributed by atoms with Crippen LogP contribution in [0.25, 0.3) is 0 Å². The number of anilines is 2. The maximum Gasteiger partial charge on any atom is 0.250 e.